The average Bonchev–Trinajstić information content (AvgIpc) is 2.67. The monoisotopic (exact) mass is 352 g/mol. The Morgan fingerprint density at radius 2 is 1.65 bits per heavy atom. The molecule has 1 aromatic carbocycles. The van der Waals surface area contributed by atoms with E-state index in [4.69, 9.17) is 0 Å². The average molecular weight is 352 g/mol. The number of anilines is 1. The molecule has 3 rings (SSSR count). The number of carbonyl (C=O) groups is 1. The van der Waals surface area contributed by atoms with E-state index in [1.807, 2.05) is 11.0 Å². The molecule has 5 nitrogen and oxygen atoms in total. The normalized spacial score (nSPS) is 16.0. The number of rotatable bonds is 5. The molecule has 0 saturated carbocycles. The molecule has 5 heteroatoms. The number of aromatic nitrogens is 2. The van der Waals surface area contributed by atoms with E-state index in [1.54, 1.807) is 12.4 Å². The maximum Gasteiger partial charge on any atom is 0.225 e. The van der Waals surface area contributed by atoms with Crippen molar-refractivity contribution in [1.29, 1.82) is 0 Å². The molecule has 0 aliphatic carbocycles. The van der Waals surface area contributed by atoms with Crippen LogP contribution in [0.5, 0.6) is 0 Å². The molecule has 1 atom stereocenters. The molecule has 0 N–H and O–H groups in total. The zero-order valence-corrected chi connectivity index (χ0v) is 15.9. The highest BCUT2D eigenvalue weighted by molar-refractivity contribution is 5.77. The summed E-state index contributed by atoms with van der Waals surface area (Å²) in [6.45, 7) is 9.52. The molecule has 1 unspecified atom stereocenters. The fourth-order valence-electron chi connectivity index (χ4n) is 3.48. The predicted molar refractivity (Wildman–Crippen MR) is 104 cm³/mol. The van der Waals surface area contributed by atoms with Crippen LogP contribution in [-0.4, -0.2) is 47.0 Å². The van der Waals surface area contributed by atoms with Crippen molar-refractivity contribution in [3.63, 3.8) is 0 Å². The van der Waals surface area contributed by atoms with E-state index in [-0.39, 0.29) is 11.8 Å². The second-order valence-electron chi connectivity index (χ2n) is 7.38. The minimum absolute atomic E-state index is 0.248. The zero-order chi connectivity index (χ0) is 18.5. The third kappa shape index (κ3) is 4.40. The van der Waals surface area contributed by atoms with Crippen LogP contribution < -0.4 is 4.90 Å². The summed E-state index contributed by atoms with van der Waals surface area (Å²) in [5, 5.41) is 0. The Kier molecular flexibility index (Phi) is 5.86. The van der Waals surface area contributed by atoms with Crippen LogP contribution in [0.1, 0.15) is 37.3 Å². The van der Waals surface area contributed by atoms with Gasteiger partial charge in [0.1, 0.15) is 0 Å². The van der Waals surface area contributed by atoms with Crippen molar-refractivity contribution in [2.75, 3.05) is 31.1 Å². The van der Waals surface area contributed by atoms with E-state index >= 15 is 0 Å². The molecule has 0 radical (unpaired) electrons. The Bertz CT molecular complexity index is 707. The summed E-state index contributed by atoms with van der Waals surface area (Å²) in [5.41, 5.74) is 2.51. The van der Waals surface area contributed by atoms with Gasteiger partial charge in [0.2, 0.25) is 11.9 Å². The summed E-state index contributed by atoms with van der Waals surface area (Å²) < 4.78 is 0. The first-order valence-corrected chi connectivity index (χ1v) is 9.41. The first kappa shape index (κ1) is 18.4. The van der Waals surface area contributed by atoms with Crippen molar-refractivity contribution >= 4 is 11.9 Å². The molecule has 26 heavy (non-hydrogen) atoms. The fourth-order valence-corrected chi connectivity index (χ4v) is 3.48. The van der Waals surface area contributed by atoms with Crippen molar-refractivity contribution in [3.8, 4) is 0 Å². The van der Waals surface area contributed by atoms with Crippen LogP contribution in [-0.2, 0) is 4.79 Å². The van der Waals surface area contributed by atoms with E-state index in [0.29, 0.717) is 12.3 Å². The molecule has 1 amide bonds. The third-order valence-corrected chi connectivity index (χ3v) is 5.17. The van der Waals surface area contributed by atoms with Gasteiger partial charge in [-0.25, -0.2) is 9.97 Å². The van der Waals surface area contributed by atoms with E-state index < -0.39 is 0 Å². The number of nitrogens with zero attached hydrogens (tertiary/aromatic N) is 4. The van der Waals surface area contributed by atoms with Crippen molar-refractivity contribution in [1.82, 2.24) is 14.9 Å². The molecular weight excluding hydrogens is 324 g/mol. The van der Waals surface area contributed by atoms with Crippen LogP contribution in [0.25, 0.3) is 0 Å². The van der Waals surface area contributed by atoms with Gasteiger partial charge in [0.05, 0.1) is 0 Å². The summed E-state index contributed by atoms with van der Waals surface area (Å²) in [6.07, 6.45) is 4.09. The fraction of sp³-hybridized carbons (Fsp3) is 0.476. The van der Waals surface area contributed by atoms with Gasteiger partial charge < -0.3 is 9.80 Å². The number of amides is 1. The second kappa shape index (κ2) is 8.30. The minimum atomic E-state index is 0.248. The number of benzene rings is 1. The highest BCUT2D eigenvalue weighted by atomic mass is 16.2. The lowest BCUT2D eigenvalue weighted by Crippen LogP contribution is -2.49. The summed E-state index contributed by atoms with van der Waals surface area (Å²) in [6, 6.07) is 10.4. The maximum atomic E-state index is 12.9. The first-order valence-electron chi connectivity index (χ1n) is 9.41. The number of piperazine rings is 1. The lowest BCUT2D eigenvalue weighted by molar-refractivity contribution is -0.132. The molecule has 1 fully saturated rings. The summed E-state index contributed by atoms with van der Waals surface area (Å²) in [7, 11) is 0. The van der Waals surface area contributed by atoms with E-state index in [2.05, 4.69) is 59.9 Å². The van der Waals surface area contributed by atoms with Gasteiger partial charge in [0.25, 0.3) is 0 Å². The van der Waals surface area contributed by atoms with Gasteiger partial charge in [-0.2, -0.15) is 0 Å². The first-order chi connectivity index (χ1) is 12.5. The highest BCUT2D eigenvalue weighted by Gasteiger charge is 2.26. The van der Waals surface area contributed by atoms with Gasteiger partial charge in [-0.1, -0.05) is 43.7 Å². The molecular formula is C21H28N4O. The van der Waals surface area contributed by atoms with E-state index in [1.165, 1.54) is 11.1 Å². The van der Waals surface area contributed by atoms with Crippen LogP contribution in [0.2, 0.25) is 0 Å². The topological polar surface area (TPSA) is 49.3 Å². The molecule has 1 aliphatic rings. The molecule has 2 aromatic rings. The Hall–Kier alpha value is -2.43. The van der Waals surface area contributed by atoms with E-state index in [9.17, 15) is 4.79 Å². The molecule has 0 bridgehead atoms. The van der Waals surface area contributed by atoms with E-state index in [0.717, 1.165) is 32.1 Å². The van der Waals surface area contributed by atoms with Gasteiger partial charge >= 0.3 is 0 Å². The zero-order valence-electron chi connectivity index (χ0n) is 15.9. The molecule has 1 saturated heterocycles. The Balaban J connectivity index is 1.59. The van der Waals surface area contributed by atoms with Crippen LogP contribution >= 0.6 is 0 Å². The van der Waals surface area contributed by atoms with Crippen molar-refractivity contribution < 1.29 is 4.79 Å². The number of hydrogen-bond donors (Lipinski definition) is 0. The second-order valence-corrected chi connectivity index (χ2v) is 7.38. The minimum Gasteiger partial charge on any atom is -0.339 e. The molecule has 2 heterocycles. The number of aryl methyl sites for hydroxylation is 1. The van der Waals surface area contributed by atoms with Crippen molar-refractivity contribution in [3.05, 3.63) is 53.9 Å². The largest absolute Gasteiger partial charge is 0.339 e. The number of hydrogen-bond acceptors (Lipinski definition) is 4. The molecule has 0 spiro atoms. The van der Waals surface area contributed by atoms with Gasteiger partial charge in [-0.15, -0.1) is 0 Å². The Morgan fingerprint density at radius 1 is 1.04 bits per heavy atom. The quantitative estimate of drug-likeness (QED) is 0.829. The van der Waals surface area contributed by atoms with Crippen LogP contribution in [0, 0.1) is 12.8 Å². The van der Waals surface area contributed by atoms with Crippen LogP contribution in [0.3, 0.4) is 0 Å². The van der Waals surface area contributed by atoms with Crippen molar-refractivity contribution in [2.24, 2.45) is 5.92 Å². The summed E-state index contributed by atoms with van der Waals surface area (Å²) in [4.78, 5) is 25.6. The smallest absolute Gasteiger partial charge is 0.225 e. The number of carbonyl (C=O) groups excluding carboxylic acids is 1. The van der Waals surface area contributed by atoms with Gasteiger partial charge in [0, 0.05) is 45.0 Å². The lowest BCUT2D eigenvalue weighted by Gasteiger charge is -2.35. The SMILES string of the molecule is Cc1ccc(C(CC(=O)N2CCN(c3ncccn3)CC2)C(C)C)cc1. The molecule has 1 aliphatic heterocycles. The summed E-state index contributed by atoms with van der Waals surface area (Å²) >= 11 is 0. The van der Waals surface area contributed by atoms with Crippen LogP contribution in [0.4, 0.5) is 5.95 Å². The molecule has 1 aromatic heterocycles. The van der Waals surface area contributed by atoms with Gasteiger partial charge in [0.15, 0.2) is 0 Å². The predicted octanol–water partition coefficient (Wildman–Crippen LogP) is 3.26. The highest BCUT2D eigenvalue weighted by Crippen LogP contribution is 2.29. The Labute approximate surface area is 156 Å². The third-order valence-electron chi connectivity index (χ3n) is 5.17. The lowest BCUT2D eigenvalue weighted by atomic mass is 9.85. The summed E-state index contributed by atoms with van der Waals surface area (Å²) in [5.74, 6) is 1.69. The standard InChI is InChI=1S/C21H28N4O/c1-16(2)19(18-7-5-17(3)6-8-18)15-20(26)24-11-13-25(14-12-24)21-22-9-4-10-23-21/h4-10,16,19H,11-15H2,1-3H3. The van der Waals surface area contributed by atoms with Crippen molar-refractivity contribution in [2.45, 2.75) is 33.1 Å². The van der Waals surface area contributed by atoms with Gasteiger partial charge in [-0.3, -0.25) is 4.79 Å². The van der Waals surface area contributed by atoms with Gasteiger partial charge in [-0.05, 0) is 30.4 Å². The maximum absolute atomic E-state index is 12.9. The van der Waals surface area contributed by atoms with Crippen LogP contribution in [0.15, 0.2) is 42.7 Å². The Morgan fingerprint density at radius 3 is 2.23 bits per heavy atom. The molecule has 138 valence electrons.